The topological polar surface area (TPSA) is 44.1 Å². The summed E-state index contributed by atoms with van der Waals surface area (Å²) in [6, 6.07) is 8.35. The van der Waals surface area contributed by atoms with E-state index in [2.05, 4.69) is 12.1 Å². The van der Waals surface area contributed by atoms with Crippen LogP contribution in [0.3, 0.4) is 0 Å². The lowest BCUT2D eigenvalue weighted by Gasteiger charge is -2.34. The lowest BCUT2D eigenvalue weighted by molar-refractivity contribution is -0.117. The van der Waals surface area contributed by atoms with E-state index in [-0.39, 0.29) is 11.8 Å². The Bertz CT molecular complexity index is 520. The molecular weight excluding hydrogens is 224 g/mol. The molecule has 0 spiro atoms. The molecule has 1 atom stereocenters. The number of rotatable bonds is 1. The van der Waals surface area contributed by atoms with Gasteiger partial charge in [-0.2, -0.15) is 5.26 Å². The lowest BCUT2D eigenvalue weighted by Crippen LogP contribution is -2.44. The molecule has 0 aliphatic carbocycles. The normalized spacial score (nSPS) is 22.1. The fourth-order valence-electron chi connectivity index (χ4n) is 2.75. The molecule has 94 valence electrons. The van der Waals surface area contributed by atoms with Crippen LogP contribution in [-0.2, 0) is 4.79 Å². The molecule has 1 unspecified atom stereocenters. The van der Waals surface area contributed by atoms with E-state index in [4.69, 9.17) is 5.26 Å². The Balaban J connectivity index is 2.50. The van der Waals surface area contributed by atoms with Gasteiger partial charge in [-0.15, -0.1) is 0 Å². The van der Waals surface area contributed by atoms with Gasteiger partial charge in [0, 0.05) is 12.1 Å². The van der Waals surface area contributed by atoms with Crippen LogP contribution in [0.5, 0.6) is 0 Å². The highest BCUT2D eigenvalue weighted by Gasteiger charge is 2.47. The van der Waals surface area contributed by atoms with Crippen LogP contribution in [0.25, 0.3) is 0 Å². The van der Waals surface area contributed by atoms with Crippen LogP contribution in [-0.4, -0.2) is 11.4 Å². The maximum Gasteiger partial charge on any atom is 0.228 e. The zero-order valence-electron chi connectivity index (χ0n) is 11.3. The van der Waals surface area contributed by atoms with Crippen molar-refractivity contribution in [3.8, 4) is 6.07 Å². The van der Waals surface area contributed by atoms with Crippen LogP contribution in [0, 0.1) is 31.1 Å². The van der Waals surface area contributed by atoms with Gasteiger partial charge in [-0.25, -0.2) is 0 Å². The van der Waals surface area contributed by atoms with Gasteiger partial charge in [-0.05, 0) is 51.0 Å². The number of nitrogens with zero attached hydrogens (tertiary/aromatic N) is 2. The molecule has 18 heavy (non-hydrogen) atoms. The molecule has 3 heteroatoms. The van der Waals surface area contributed by atoms with Gasteiger partial charge in [0.05, 0.1) is 17.5 Å². The second-order valence-corrected chi connectivity index (χ2v) is 5.61. The van der Waals surface area contributed by atoms with Crippen molar-refractivity contribution in [1.82, 2.24) is 0 Å². The molecule has 1 aromatic rings. The summed E-state index contributed by atoms with van der Waals surface area (Å²) in [6.07, 6.45) is 0.316. The third kappa shape index (κ3) is 1.88. The summed E-state index contributed by atoms with van der Waals surface area (Å²) in [4.78, 5) is 13.9. The Hall–Kier alpha value is -1.82. The Labute approximate surface area is 108 Å². The molecule has 0 aromatic heterocycles. The Morgan fingerprint density at radius 1 is 1.28 bits per heavy atom. The number of anilines is 1. The molecule has 1 heterocycles. The number of amides is 1. The van der Waals surface area contributed by atoms with Gasteiger partial charge in [0.15, 0.2) is 0 Å². The Morgan fingerprint density at radius 2 is 1.83 bits per heavy atom. The van der Waals surface area contributed by atoms with Crippen molar-refractivity contribution in [2.45, 2.75) is 39.7 Å². The van der Waals surface area contributed by atoms with E-state index in [0.29, 0.717) is 6.42 Å². The van der Waals surface area contributed by atoms with E-state index in [1.807, 2.05) is 39.8 Å². The molecule has 2 rings (SSSR count). The number of hydrogen-bond donors (Lipinski definition) is 0. The molecular formula is C15H18N2O. The van der Waals surface area contributed by atoms with Crippen molar-refractivity contribution in [2.75, 3.05) is 4.90 Å². The highest BCUT2D eigenvalue weighted by atomic mass is 16.2. The molecule has 1 aromatic carbocycles. The summed E-state index contributed by atoms with van der Waals surface area (Å²) in [7, 11) is 0. The van der Waals surface area contributed by atoms with Crippen molar-refractivity contribution in [1.29, 1.82) is 5.26 Å². The van der Waals surface area contributed by atoms with Crippen LogP contribution < -0.4 is 4.90 Å². The van der Waals surface area contributed by atoms with E-state index < -0.39 is 5.54 Å². The first-order chi connectivity index (χ1) is 8.36. The van der Waals surface area contributed by atoms with E-state index in [0.717, 1.165) is 16.8 Å². The highest BCUT2D eigenvalue weighted by Crippen LogP contribution is 2.39. The number of hydrogen-bond acceptors (Lipinski definition) is 2. The summed E-state index contributed by atoms with van der Waals surface area (Å²) < 4.78 is 0. The molecule has 0 saturated carbocycles. The fourth-order valence-corrected chi connectivity index (χ4v) is 2.75. The van der Waals surface area contributed by atoms with Crippen molar-refractivity contribution in [2.24, 2.45) is 5.92 Å². The largest absolute Gasteiger partial charge is 0.305 e. The van der Waals surface area contributed by atoms with Crippen LogP contribution >= 0.6 is 0 Å². The van der Waals surface area contributed by atoms with Crippen LogP contribution in [0.2, 0.25) is 0 Å². The molecule has 1 aliphatic rings. The zero-order chi connectivity index (χ0) is 13.5. The lowest BCUT2D eigenvalue weighted by atomic mass is 9.89. The molecule has 1 fully saturated rings. The molecule has 1 aliphatic heterocycles. The average Bonchev–Trinajstić information content (AvgIpc) is 2.46. The predicted molar refractivity (Wildman–Crippen MR) is 71.2 cm³/mol. The van der Waals surface area contributed by atoms with E-state index >= 15 is 0 Å². The SMILES string of the molecule is Cc1cc(C)cc(N2C(=O)CC(C#N)C2(C)C)c1. The summed E-state index contributed by atoms with van der Waals surface area (Å²) in [5.41, 5.74) is 2.73. The number of nitriles is 1. The summed E-state index contributed by atoms with van der Waals surface area (Å²) in [5, 5.41) is 9.16. The van der Waals surface area contributed by atoms with Gasteiger partial charge in [0.1, 0.15) is 0 Å². The van der Waals surface area contributed by atoms with Gasteiger partial charge in [-0.1, -0.05) is 6.07 Å². The molecule has 1 amide bonds. The first-order valence-electron chi connectivity index (χ1n) is 6.17. The minimum absolute atomic E-state index is 0.0385. The van der Waals surface area contributed by atoms with Crippen LogP contribution in [0.15, 0.2) is 18.2 Å². The monoisotopic (exact) mass is 242 g/mol. The van der Waals surface area contributed by atoms with Crippen LogP contribution in [0.4, 0.5) is 5.69 Å². The van der Waals surface area contributed by atoms with Crippen molar-refractivity contribution in [3.05, 3.63) is 29.3 Å². The van der Waals surface area contributed by atoms with Crippen molar-refractivity contribution >= 4 is 11.6 Å². The second kappa shape index (κ2) is 4.13. The van der Waals surface area contributed by atoms with E-state index in [1.54, 1.807) is 4.90 Å². The van der Waals surface area contributed by atoms with Gasteiger partial charge < -0.3 is 4.90 Å². The zero-order valence-corrected chi connectivity index (χ0v) is 11.3. The summed E-state index contributed by atoms with van der Waals surface area (Å²) in [6.45, 7) is 7.96. The number of carbonyl (C=O) groups excluding carboxylic acids is 1. The molecule has 0 N–H and O–H groups in total. The maximum absolute atomic E-state index is 12.2. The maximum atomic E-state index is 12.2. The van der Waals surface area contributed by atoms with Gasteiger partial charge in [-0.3, -0.25) is 4.79 Å². The molecule has 0 radical (unpaired) electrons. The Kier molecular flexibility index (Phi) is 2.90. The quantitative estimate of drug-likeness (QED) is 0.760. The second-order valence-electron chi connectivity index (χ2n) is 5.61. The van der Waals surface area contributed by atoms with E-state index in [1.165, 1.54) is 0 Å². The average molecular weight is 242 g/mol. The third-order valence-corrected chi connectivity index (χ3v) is 3.68. The Morgan fingerprint density at radius 3 is 2.28 bits per heavy atom. The van der Waals surface area contributed by atoms with Crippen molar-refractivity contribution < 1.29 is 4.79 Å². The summed E-state index contributed by atoms with van der Waals surface area (Å²) in [5.74, 6) is -0.206. The first-order valence-corrected chi connectivity index (χ1v) is 6.17. The van der Waals surface area contributed by atoms with Gasteiger partial charge >= 0.3 is 0 Å². The van der Waals surface area contributed by atoms with E-state index in [9.17, 15) is 4.79 Å². The third-order valence-electron chi connectivity index (χ3n) is 3.68. The molecule has 0 bridgehead atoms. The van der Waals surface area contributed by atoms with Crippen LogP contribution in [0.1, 0.15) is 31.4 Å². The van der Waals surface area contributed by atoms with Gasteiger partial charge in [0.2, 0.25) is 5.91 Å². The minimum Gasteiger partial charge on any atom is -0.305 e. The number of carbonyl (C=O) groups is 1. The smallest absolute Gasteiger partial charge is 0.228 e. The first kappa shape index (κ1) is 12.6. The number of aryl methyl sites for hydroxylation is 2. The standard InChI is InChI=1S/C15H18N2O/c1-10-5-11(2)7-13(6-10)17-14(18)8-12(9-16)15(17,3)4/h5-7,12H,8H2,1-4H3. The van der Waals surface area contributed by atoms with Crippen molar-refractivity contribution in [3.63, 3.8) is 0 Å². The number of benzene rings is 1. The van der Waals surface area contributed by atoms with Gasteiger partial charge in [0.25, 0.3) is 0 Å². The minimum atomic E-state index is -0.438. The fraction of sp³-hybridized carbons (Fsp3) is 0.467. The molecule has 1 saturated heterocycles. The predicted octanol–water partition coefficient (Wildman–Crippen LogP) is 2.96. The highest BCUT2D eigenvalue weighted by molar-refractivity contribution is 5.98. The molecule has 3 nitrogen and oxygen atoms in total. The summed E-state index contributed by atoms with van der Waals surface area (Å²) >= 11 is 0.